The van der Waals surface area contributed by atoms with Crippen LogP contribution >= 0.6 is 11.6 Å². The molecule has 31 heavy (non-hydrogen) atoms. The van der Waals surface area contributed by atoms with Crippen molar-refractivity contribution in [2.45, 2.75) is 39.2 Å². The van der Waals surface area contributed by atoms with Crippen molar-refractivity contribution in [1.82, 2.24) is 19.5 Å². The van der Waals surface area contributed by atoms with E-state index in [4.69, 9.17) is 11.6 Å². The molecule has 0 bridgehead atoms. The fourth-order valence-electron chi connectivity index (χ4n) is 3.22. The molecular formula is C22H25ClN4O3S. The Bertz CT molecular complexity index is 1170. The zero-order chi connectivity index (χ0) is 22.6. The number of aromatic nitrogens is 3. The van der Waals surface area contributed by atoms with Crippen molar-refractivity contribution in [3.05, 3.63) is 76.3 Å². The molecule has 0 fully saturated rings. The smallest absolute Gasteiger partial charge is 0.209 e. The van der Waals surface area contributed by atoms with Gasteiger partial charge in [-0.15, -0.1) is 0 Å². The molecule has 9 heteroatoms. The maximum atomic E-state index is 12.8. The molecule has 0 saturated heterocycles. The van der Waals surface area contributed by atoms with Gasteiger partial charge in [-0.3, -0.25) is 9.78 Å². The minimum Gasteiger partial charge on any atom is -0.299 e. The van der Waals surface area contributed by atoms with Gasteiger partial charge in [0, 0.05) is 29.3 Å². The summed E-state index contributed by atoms with van der Waals surface area (Å²) in [5.41, 5.74) is 4.07. The number of hydrogen-bond donors (Lipinski definition) is 1. The fourth-order valence-corrected chi connectivity index (χ4v) is 3.81. The van der Waals surface area contributed by atoms with E-state index in [1.807, 2.05) is 54.9 Å². The Morgan fingerprint density at radius 3 is 2.65 bits per heavy atom. The number of nitrogens with one attached hydrogen (secondary N) is 1. The number of aryl methyl sites for hydroxylation is 2. The first-order chi connectivity index (χ1) is 14.6. The number of hydrogen-bond acceptors (Lipinski definition) is 5. The highest BCUT2D eigenvalue weighted by Gasteiger charge is 2.17. The summed E-state index contributed by atoms with van der Waals surface area (Å²) in [4.78, 5) is 17.1. The molecule has 0 spiro atoms. The van der Waals surface area contributed by atoms with Crippen LogP contribution in [-0.4, -0.2) is 35.2 Å². The number of sulfonamides is 1. The third-order valence-corrected chi connectivity index (χ3v) is 5.84. The second-order valence-corrected chi connectivity index (χ2v) is 9.80. The average molecular weight is 461 g/mol. The maximum absolute atomic E-state index is 12.8. The van der Waals surface area contributed by atoms with Crippen molar-refractivity contribution in [2.75, 3.05) is 6.26 Å². The molecule has 0 aliphatic heterocycles. The first-order valence-electron chi connectivity index (χ1n) is 9.86. The SMILES string of the molecule is Cc1cc(CCC(=O)C(C)c2ccc(CNS(C)(=O)=O)nc2)n(-c2cccc(Cl)c2)n1. The van der Waals surface area contributed by atoms with E-state index in [0.29, 0.717) is 23.6 Å². The molecule has 0 aliphatic rings. The molecule has 1 N–H and O–H groups in total. The molecule has 164 valence electrons. The summed E-state index contributed by atoms with van der Waals surface area (Å²) in [5, 5.41) is 5.16. The van der Waals surface area contributed by atoms with Crippen LogP contribution in [0.1, 0.15) is 41.9 Å². The lowest BCUT2D eigenvalue weighted by Gasteiger charge is -2.12. The predicted octanol–water partition coefficient (Wildman–Crippen LogP) is 3.58. The maximum Gasteiger partial charge on any atom is 0.209 e. The van der Waals surface area contributed by atoms with E-state index in [0.717, 1.165) is 28.9 Å². The largest absolute Gasteiger partial charge is 0.299 e. The van der Waals surface area contributed by atoms with Gasteiger partial charge in [0.1, 0.15) is 5.78 Å². The molecule has 0 aliphatic carbocycles. The van der Waals surface area contributed by atoms with Crippen LogP contribution in [-0.2, 0) is 27.8 Å². The van der Waals surface area contributed by atoms with Crippen LogP contribution in [0.25, 0.3) is 5.69 Å². The van der Waals surface area contributed by atoms with Crippen molar-refractivity contribution in [3.63, 3.8) is 0 Å². The van der Waals surface area contributed by atoms with Crippen molar-refractivity contribution in [2.24, 2.45) is 0 Å². The van der Waals surface area contributed by atoms with Gasteiger partial charge in [-0.05, 0) is 49.2 Å². The van der Waals surface area contributed by atoms with E-state index in [1.54, 1.807) is 12.3 Å². The summed E-state index contributed by atoms with van der Waals surface area (Å²) in [5.74, 6) is -0.214. The Kier molecular flexibility index (Phi) is 7.25. The van der Waals surface area contributed by atoms with E-state index in [2.05, 4.69) is 14.8 Å². The number of ketones is 1. The summed E-state index contributed by atoms with van der Waals surface area (Å²) in [6, 6.07) is 13.0. The number of nitrogens with zero attached hydrogens (tertiary/aromatic N) is 3. The minimum absolute atomic E-state index is 0.0975. The number of benzene rings is 1. The molecule has 1 atom stereocenters. The highest BCUT2D eigenvalue weighted by Crippen LogP contribution is 2.21. The van der Waals surface area contributed by atoms with E-state index in [-0.39, 0.29) is 18.2 Å². The lowest BCUT2D eigenvalue weighted by atomic mass is 9.94. The molecule has 7 nitrogen and oxygen atoms in total. The zero-order valence-corrected chi connectivity index (χ0v) is 19.2. The average Bonchev–Trinajstić information content (AvgIpc) is 3.10. The summed E-state index contributed by atoms with van der Waals surface area (Å²) in [7, 11) is -3.28. The van der Waals surface area contributed by atoms with Crippen LogP contribution in [0.4, 0.5) is 0 Å². The van der Waals surface area contributed by atoms with Gasteiger partial charge in [-0.2, -0.15) is 5.10 Å². The molecule has 3 rings (SSSR count). The Balaban J connectivity index is 1.65. The second-order valence-electron chi connectivity index (χ2n) is 7.53. The first-order valence-corrected chi connectivity index (χ1v) is 12.1. The molecule has 2 heterocycles. The van der Waals surface area contributed by atoms with Crippen LogP contribution in [0.2, 0.25) is 5.02 Å². The van der Waals surface area contributed by atoms with Crippen LogP contribution in [0.5, 0.6) is 0 Å². The van der Waals surface area contributed by atoms with Crippen LogP contribution in [0.3, 0.4) is 0 Å². The van der Waals surface area contributed by atoms with E-state index in [9.17, 15) is 13.2 Å². The van der Waals surface area contributed by atoms with E-state index >= 15 is 0 Å². The van der Waals surface area contributed by atoms with Crippen LogP contribution in [0.15, 0.2) is 48.7 Å². The predicted molar refractivity (Wildman–Crippen MR) is 121 cm³/mol. The van der Waals surface area contributed by atoms with Crippen molar-refractivity contribution < 1.29 is 13.2 Å². The Morgan fingerprint density at radius 1 is 1.23 bits per heavy atom. The number of halogens is 1. The Labute approximate surface area is 187 Å². The van der Waals surface area contributed by atoms with Crippen molar-refractivity contribution in [1.29, 1.82) is 0 Å². The number of carbonyl (C=O) groups is 1. The van der Waals surface area contributed by atoms with Gasteiger partial charge in [0.15, 0.2) is 0 Å². The topological polar surface area (TPSA) is 94.0 Å². The molecule has 1 unspecified atom stereocenters. The zero-order valence-electron chi connectivity index (χ0n) is 17.7. The Hall–Kier alpha value is -2.55. The van der Waals surface area contributed by atoms with Gasteiger partial charge in [-0.25, -0.2) is 17.8 Å². The van der Waals surface area contributed by atoms with Crippen molar-refractivity contribution >= 4 is 27.4 Å². The number of Topliss-reactive ketones (excluding diaryl/α,β-unsaturated/α-hetero) is 1. The molecule has 0 radical (unpaired) electrons. The van der Waals surface area contributed by atoms with Crippen LogP contribution < -0.4 is 4.72 Å². The van der Waals surface area contributed by atoms with E-state index < -0.39 is 10.0 Å². The summed E-state index contributed by atoms with van der Waals surface area (Å²) < 4.78 is 26.6. The van der Waals surface area contributed by atoms with Crippen LogP contribution in [0, 0.1) is 6.92 Å². The summed E-state index contributed by atoms with van der Waals surface area (Å²) >= 11 is 6.11. The lowest BCUT2D eigenvalue weighted by molar-refractivity contribution is -0.120. The minimum atomic E-state index is -3.28. The Morgan fingerprint density at radius 2 is 2.00 bits per heavy atom. The molecule has 1 aromatic carbocycles. The van der Waals surface area contributed by atoms with Gasteiger partial charge in [0.05, 0.1) is 29.9 Å². The third-order valence-electron chi connectivity index (χ3n) is 4.93. The summed E-state index contributed by atoms with van der Waals surface area (Å²) in [6.45, 7) is 3.89. The second kappa shape index (κ2) is 9.72. The quantitative estimate of drug-likeness (QED) is 0.526. The number of rotatable bonds is 9. The number of carbonyl (C=O) groups excluding carboxylic acids is 1. The van der Waals surface area contributed by atoms with Gasteiger partial charge >= 0.3 is 0 Å². The highest BCUT2D eigenvalue weighted by atomic mass is 35.5. The fraction of sp³-hybridized carbons (Fsp3) is 0.318. The molecule has 0 saturated carbocycles. The normalized spacial score (nSPS) is 12.6. The monoisotopic (exact) mass is 460 g/mol. The van der Waals surface area contributed by atoms with Gasteiger partial charge < -0.3 is 0 Å². The number of pyridine rings is 1. The summed E-state index contributed by atoms with van der Waals surface area (Å²) in [6.07, 6.45) is 3.65. The van der Waals surface area contributed by atoms with Gasteiger partial charge in [0.25, 0.3) is 0 Å². The van der Waals surface area contributed by atoms with Gasteiger partial charge in [0.2, 0.25) is 10.0 Å². The molecule has 0 amide bonds. The molecule has 2 aromatic heterocycles. The molecule has 3 aromatic rings. The van der Waals surface area contributed by atoms with Gasteiger partial charge in [-0.1, -0.05) is 30.7 Å². The standard InChI is InChI=1S/C22H25ClN4O3S/c1-15-11-21(27(26-15)20-6-4-5-18(23)12-20)9-10-22(28)16(2)17-7-8-19(24-13-17)14-25-31(3,29)30/h4-8,11-13,16,25H,9-10,14H2,1-3H3. The molecular weight excluding hydrogens is 436 g/mol. The van der Waals surface area contributed by atoms with Crippen molar-refractivity contribution in [3.8, 4) is 5.69 Å². The first kappa shape index (κ1) is 23.1. The third kappa shape index (κ3) is 6.46. The highest BCUT2D eigenvalue weighted by molar-refractivity contribution is 7.88. The lowest BCUT2D eigenvalue weighted by Crippen LogP contribution is -2.21. The van der Waals surface area contributed by atoms with E-state index in [1.165, 1.54) is 0 Å².